The monoisotopic (exact) mass is 387 g/mol. The van der Waals surface area contributed by atoms with Crippen LogP contribution >= 0.6 is 23.4 Å². The van der Waals surface area contributed by atoms with E-state index in [1.807, 2.05) is 13.0 Å². The SMILES string of the molecule is CC(Sc1nnc(C2CC2)n1C1CC1)C(=O)Nc1ccc(C#N)c(Cl)c1. The fourth-order valence-electron chi connectivity index (χ4n) is 2.80. The van der Waals surface area contributed by atoms with Crippen LogP contribution in [0.25, 0.3) is 0 Å². The number of anilines is 1. The first-order valence-corrected chi connectivity index (χ1v) is 9.94. The number of thioether (sulfide) groups is 1. The molecule has 2 aliphatic carbocycles. The number of nitrogens with zero attached hydrogens (tertiary/aromatic N) is 4. The van der Waals surface area contributed by atoms with Gasteiger partial charge in [-0.25, -0.2) is 0 Å². The Bertz CT molecular complexity index is 897. The molecule has 1 heterocycles. The molecule has 134 valence electrons. The van der Waals surface area contributed by atoms with Crippen molar-refractivity contribution in [2.45, 2.75) is 55.0 Å². The highest BCUT2D eigenvalue weighted by atomic mass is 35.5. The van der Waals surface area contributed by atoms with Crippen molar-refractivity contribution in [2.75, 3.05) is 5.32 Å². The average Bonchev–Trinajstić information content (AvgIpc) is 3.54. The van der Waals surface area contributed by atoms with Crippen molar-refractivity contribution >= 4 is 35.0 Å². The maximum absolute atomic E-state index is 12.5. The average molecular weight is 388 g/mol. The van der Waals surface area contributed by atoms with E-state index in [-0.39, 0.29) is 11.2 Å². The number of halogens is 1. The number of hydrogen-bond donors (Lipinski definition) is 1. The van der Waals surface area contributed by atoms with Crippen LogP contribution < -0.4 is 5.32 Å². The van der Waals surface area contributed by atoms with Gasteiger partial charge in [-0.15, -0.1) is 10.2 Å². The lowest BCUT2D eigenvalue weighted by atomic mass is 10.2. The lowest BCUT2D eigenvalue weighted by Crippen LogP contribution is -2.23. The summed E-state index contributed by atoms with van der Waals surface area (Å²) in [5.74, 6) is 1.50. The highest BCUT2D eigenvalue weighted by Crippen LogP contribution is 2.46. The number of benzene rings is 1. The van der Waals surface area contributed by atoms with Gasteiger partial charge in [-0.3, -0.25) is 4.79 Å². The number of carbonyl (C=O) groups excluding carboxylic acids is 1. The Hall–Kier alpha value is -2.04. The van der Waals surface area contributed by atoms with E-state index >= 15 is 0 Å². The van der Waals surface area contributed by atoms with Crippen molar-refractivity contribution in [3.8, 4) is 6.07 Å². The van der Waals surface area contributed by atoms with Crippen molar-refractivity contribution in [2.24, 2.45) is 0 Å². The zero-order chi connectivity index (χ0) is 18.3. The quantitative estimate of drug-likeness (QED) is 0.753. The van der Waals surface area contributed by atoms with Gasteiger partial charge >= 0.3 is 0 Å². The smallest absolute Gasteiger partial charge is 0.237 e. The van der Waals surface area contributed by atoms with Gasteiger partial charge in [0.15, 0.2) is 5.16 Å². The highest BCUT2D eigenvalue weighted by Gasteiger charge is 2.37. The van der Waals surface area contributed by atoms with E-state index in [9.17, 15) is 4.79 Å². The molecule has 4 rings (SSSR count). The van der Waals surface area contributed by atoms with Crippen LogP contribution in [0.15, 0.2) is 23.4 Å². The van der Waals surface area contributed by atoms with Gasteiger partial charge < -0.3 is 9.88 Å². The third kappa shape index (κ3) is 3.57. The molecule has 2 aliphatic rings. The minimum atomic E-state index is -0.321. The van der Waals surface area contributed by atoms with Crippen LogP contribution in [0.4, 0.5) is 5.69 Å². The standard InChI is InChI=1S/C18H18ClN5OS/c1-10(17(25)21-13-5-4-12(9-20)15(19)8-13)26-18-23-22-16(11-2-3-11)24(18)14-6-7-14/h4-5,8,10-11,14H,2-3,6-7H2,1H3,(H,21,25). The number of nitrogens with one attached hydrogen (secondary N) is 1. The van der Waals surface area contributed by atoms with Crippen molar-refractivity contribution in [3.63, 3.8) is 0 Å². The first kappa shape index (κ1) is 17.4. The molecular weight excluding hydrogens is 370 g/mol. The van der Waals surface area contributed by atoms with Gasteiger partial charge in [0, 0.05) is 17.6 Å². The lowest BCUT2D eigenvalue weighted by molar-refractivity contribution is -0.115. The van der Waals surface area contributed by atoms with Crippen LogP contribution in [0, 0.1) is 11.3 Å². The minimum absolute atomic E-state index is 0.130. The summed E-state index contributed by atoms with van der Waals surface area (Å²) in [4.78, 5) is 12.5. The van der Waals surface area contributed by atoms with Gasteiger partial charge in [-0.05, 0) is 50.8 Å². The second kappa shape index (κ2) is 6.93. The second-order valence-corrected chi connectivity index (χ2v) is 8.49. The highest BCUT2D eigenvalue weighted by molar-refractivity contribution is 8.00. The summed E-state index contributed by atoms with van der Waals surface area (Å²) in [5.41, 5.74) is 0.964. The molecule has 1 amide bonds. The van der Waals surface area contributed by atoms with Gasteiger partial charge in [0.25, 0.3) is 0 Å². The van der Waals surface area contributed by atoms with Gasteiger partial charge in [-0.2, -0.15) is 5.26 Å². The zero-order valence-electron chi connectivity index (χ0n) is 14.3. The molecule has 26 heavy (non-hydrogen) atoms. The normalized spacial score (nSPS) is 17.6. The maximum atomic E-state index is 12.5. The number of hydrogen-bond acceptors (Lipinski definition) is 5. The third-order valence-corrected chi connectivity index (χ3v) is 5.92. The van der Waals surface area contributed by atoms with Gasteiger partial charge in [0.05, 0.1) is 15.8 Å². The van der Waals surface area contributed by atoms with Crippen LogP contribution in [0.3, 0.4) is 0 Å². The summed E-state index contributed by atoms with van der Waals surface area (Å²) in [6.45, 7) is 1.86. The third-order valence-electron chi connectivity index (χ3n) is 4.55. The molecule has 0 bridgehead atoms. The summed E-state index contributed by atoms with van der Waals surface area (Å²) in [6, 6.07) is 7.37. The van der Waals surface area contributed by atoms with Crippen LogP contribution in [0.2, 0.25) is 5.02 Å². The molecule has 2 fully saturated rings. The topological polar surface area (TPSA) is 83.6 Å². The molecule has 1 unspecified atom stereocenters. The van der Waals surface area contributed by atoms with E-state index in [1.165, 1.54) is 24.6 Å². The molecule has 0 radical (unpaired) electrons. The van der Waals surface area contributed by atoms with Crippen LogP contribution in [0.5, 0.6) is 0 Å². The summed E-state index contributed by atoms with van der Waals surface area (Å²) in [7, 11) is 0. The number of amides is 1. The maximum Gasteiger partial charge on any atom is 0.237 e. The van der Waals surface area contributed by atoms with Crippen molar-refractivity contribution in [1.82, 2.24) is 14.8 Å². The molecular formula is C18H18ClN5OS. The molecule has 1 aromatic heterocycles. The van der Waals surface area contributed by atoms with Crippen LogP contribution in [-0.4, -0.2) is 25.9 Å². The van der Waals surface area contributed by atoms with E-state index in [2.05, 4.69) is 20.1 Å². The molecule has 1 N–H and O–H groups in total. The van der Waals surface area contributed by atoms with Crippen molar-refractivity contribution < 1.29 is 4.79 Å². The summed E-state index contributed by atoms with van der Waals surface area (Å²) in [5, 5.41) is 21.3. The van der Waals surface area contributed by atoms with Crippen LogP contribution in [0.1, 0.15) is 56.0 Å². The number of rotatable bonds is 6. The molecule has 0 aliphatic heterocycles. The van der Waals surface area contributed by atoms with E-state index in [4.69, 9.17) is 16.9 Å². The Morgan fingerprint density at radius 1 is 1.38 bits per heavy atom. The molecule has 0 spiro atoms. The van der Waals surface area contributed by atoms with Gasteiger partial charge in [0.2, 0.25) is 5.91 Å². The molecule has 1 atom stereocenters. The van der Waals surface area contributed by atoms with Crippen molar-refractivity contribution in [1.29, 1.82) is 5.26 Å². The Balaban J connectivity index is 1.45. The number of carbonyl (C=O) groups is 1. The largest absolute Gasteiger partial charge is 0.325 e. The Morgan fingerprint density at radius 3 is 2.77 bits per heavy atom. The molecule has 6 nitrogen and oxygen atoms in total. The predicted octanol–water partition coefficient (Wildman–Crippen LogP) is 4.13. The first-order chi connectivity index (χ1) is 12.6. The Labute approximate surface area is 160 Å². The summed E-state index contributed by atoms with van der Waals surface area (Å²) in [6.07, 6.45) is 4.70. The van der Waals surface area contributed by atoms with Gasteiger partial charge in [0.1, 0.15) is 11.9 Å². The molecule has 2 saturated carbocycles. The van der Waals surface area contributed by atoms with Crippen LogP contribution in [-0.2, 0) is 4.79 Å². The molecule has 1 aromatic carbocycles. The zero-order valence-corrected chi connectivity index (χ0v) is 15.8. The minimum Gasteiger partial charge on any atom is -0.325 e. The Kier molecular flexibility index (Phi) is 4.63. The summed E-state index contributed by atoms with van der Waals surface area (Å²) >= 11 is 7.46. The molecule has 2 aromatic rings. The Morgan fingerprint density at radius 2 is 2.15 bits per heavy atom. The molecule has 8 heteroatoms. The lowest BCUT2D eigenvalue weighted by Gasteiger charge is -2.13. The van der Waals surface area contributed by atoms with E-state index in [1.54, 1.807) is 18.2 Å². The van der Waals surface area contributed by atoms with E-state index < -0.39 is 0 Å². The fourth-order valence-corrected chi connectivity index (χ4v) is 3.95. The first-order valence-electron chi connectivity index (χ1n) is 8.68. The summed E-state index contributed by atoms with van der Waals surface area (Å²) < 4.78 is 2.24. The van der Waals surface area contributed by atoms with E-state index in [0.717, 1.165) is 23.8 Å². The number of aromatic nitrogens is 3. The van der Waals surface area contributed by atoms with Crippen molar-refractivity contribution in [3.05, 3.63) is 34.6 Å². The van der Waals surface area contributed by atoms with Gasteiger partial charge in [-0.1, -0.05) is 23.4 Å². The fraction of sp³-hybridized carbons (Fsp3) is 0.444. The van der Waals surface area contributed by atoms with E-state index in [0.29, 0.717) is 28.2 Å². The number of nitriles is 1. The molecule has 0 saturated heterocycles. The predicted molar refractivity (Wildman–Crippen MR) is 100 cm³/mol. The second-order valence-electron chi connectivity index (χ2n) is 6.77.